The maximum atomic E-state index is 11.6. The fourth-order valence-corrected chi connectivity index (χ4v) is 2.44. The van der Waals surface area contributed by atoms with Crippen molar-refractivity contribution in [2.75, 3.05) is 13.1 Å². The Bertz CT molecular complexity index is 583. The minimum absolute atomic E-state index is 0.112. The summed E-state index contributed by atoms with van der Waals surface area (Å²) in [4.78, 5) is 20.5. The van der Waals surface area contributed by atoms with Crippen LogP contribution in [0.15, 0.2) is 9.41 Å². The zero-order chi connectivity index (χ0) is 20.3. The van der Waals surface area contributed by atoms with Crippen molar-refractivity contribution in [3.8, 4) is 0 Å². The van der Waals surface area contributed by atoms with E-state index < -0.39 is 5.60 Å². The van der Waals surface area contributed by atoms with Crippen LogP contribution in [0.4, 0.5) is 0 Å². The van der Waals surface area contributed by atoms with Gasteiger partial charge in [0.25, 0.3) is 0 Å². The molecule has 0 aliphatic heterocycles. The number of aliphatic imine (C=N–C) groups is 1. The van der Waals surface area contributed by atoms with Crippen LogP contribution in [0.1, 0.15) is 77.1 Å². The molecular formula is C20H36N4O3. The lowest BCUT2D eigenvalue weighted by Gasteiger charge is -2.19. The van der Waals surface area contributed by atoms with Crippen LogP contribution in [-0.4, -0.2) is 35.6 Å². The second-order valence-corrected chi connectivity index (χ2v) is 7.62. The molecule has 0 atom stereocenters. The number of rotatable bonds is 10. The smallest absolute Gasteiger partial charge is 0.306 e. The van der Waals surface area contributed by atoms with Gasteiger partial charge in [0.2, 0.25) is 5.89 Å². The summed E-state index contributed by atoms with van der Waals surface area (Å²) in [7, 11) is 0. The van der Waals surface area contributed by atoms with Crippen molar-refractivity contribution in [1.29, 1.82) is 0 Å². The van der Waals surface area contributed by atoms with Gasteiger partial charge in [-0.3, -0.25) is 4.79 Å². The summed E-state index contributed by atoms with van der Waals surface area (Å²) in [6, 6.07) is 0. The van der Waals surface area contributed by atoms with Gasteiger partial charge in [0.1, 0.15) is 17.9 Å². The van der Waals surface area contributed by atoms with Gasteiger partial charge >= 0.3 is 5.97 Å². The lowest BCUT2D eigenvalue weighted by molar-refractivity contribution is -0.154. The third-order valence-corrected chi connectivity index (χ3v) is 3.81. The zero-order valence-corrected chi connectivity index (χ0v) is 17.8. The van der Waals surface area contributed by atoms with E-state index in [9.17, 15) is 4.79 Å². The summed E-state index contributed by atoms with van der Waals surface area (Å²) in [6.45, 7) is 13.6. The van der Waals surface area contributed by atoms with Gasteiger partial charge in [0.05, 0.1) is 5.69 Å². The molecule has 0 spiro atoms. The van der Waals surface area contributed by atoms with Crippen LogP contribution in [0.25, 0.3) is 0 Å². The highest BCUT2D eigenvalue weighted by atomic mass is 16.6. The first kappa shape index (κ1) is 23.0. The van der Waals surface area contributed by atoms with Gasteiger partial charge in [-0.05, 0) is 54.4 Å². The van der Waals surface area contributed by atoms with Crippen LogP contribution in [0.2, 0.25) is 0 Å². The normalized spacial score (nSPS) is 12.1. The highest BCUT2D eigenvalue weighted by Gasteiger charge is 2.15. The van der Waals surface area contributed by atoms with E-state index in [-0.39, 0.29) is 5.97 Å². The number of aryl methyl sites for hydroxylation is 2. The molecule has 0 radical (unpaired) electrons. The number of guanidine groups is 1. The predicted octanol–water partition coefficient (Wildman–Crippen LogP) is 3.64. The van der Waals surface area contributed by atoms with Crippen molar-refractivity contribution in [1.82, 2.24) is 15.6 Å². The summed E-state index contributed by atoms with van der Waals surface area (Å²) in [6.07, 6.45) is 4.46. The Balaban J connectivity index is 2.21. The third-order valence-electron chi connectivity index (χ3n) is 3.81. The molecule has 1 aromatic rings. The largest absolute Gasteiger partial charge is 0.460 e. The Morgan fingerprint density at radius 2 is 1.85 bits per heavy atom. The SMILES string of the molecule is CCNC(=NCc1nc(C)c(C)o1)NCCCCCCC(=O)OC(C)(C)C. The highest BCUT2D eigenvalue weighted by Crippen LogP contribution is 2.11. The summed E-state index contributed by atoms with van der Waals surface area (Å²) < 4.78 is 10.9. The number of nitrogens with zero attached hydrogens (tertiary/aromatic N) is 2. The molecule has 2 N–H and O–H groups in total. The highest BCUT2D eigenvalue weighted by molar-refractivity contribution is 5.79. The molecule has 7 nitrogen and oxygen atoms in total. The molecule has 0 fully saturated rings. The van der Waals surface area contributed by atoms with Gasteiger partial charge in [-0.1, -0.05) is 12.8 Å². The van der Waals surface area contributed by atoms with E-state index in [1.54, 1.807) is 0 Å². The molecule has 27 heavy (non-hydrogen) atoms. The Morgan fingerprint density at radius 1 is 1.15 bits per heavy atom. The van der Waals surface area contributed by atoms with E-state index in [2.05, 4.69) is 20.6 Å². The molecule has 0 aliphatic rings. The van der Waals surface area contributed by atoms with Crippen molar-refractivity contribution >= 4 is 11.9 Å². The molecular weight excluding hydrogens is 344 g/mol. The number of unbranched alkanes of at least 4 members (excludes halogenated alkanes) is 3. The van der Waals surface area contributed by atoms with Gasteiger partial charge < -0.3 is 19.8 Å². The molecule has 154 valence electrons. The van der Waals surface area contributed by atoms with E-state index in [0.717, 1.165) is 56.2 Å². The van der Waals surface area contributed by atoms with Crippen LogP contribution in [0.3, 0.4) is 0 Å². The van der Waals surface area contributed by atoms with E-state index in [1.807, 2.05) is 41.5 Å². The number of esters is 1. The van der Waals surface area contributed by atoms with Gasteiger partial charge in [0, 0.05) is 19.5 Å². The Kier molecular flexibility index (Phi) is 9.89. The third kappa shape index (κ3) is 10.6. The van der Waals surface area contributed by atoms with Crippen LogP contribution in [0, 0.1) is 13.8 Å². The number of carbonyl (C=O) groups is 1. The molecule has 1 rings (SSSR count). The monoisotopic (exact) mass is 380 g/mol. The van der Waals surface area contributed by atoms with Crippen molar-refractivity contribution in [3.05, 3.63) is 17.3 Å². The lowest BCUT2D eigenvalue weighted by atomic mass is 10.1. The molecule has 0 unspecified atom stereocenters. The van der Waals surface area contributed by atoms with Gasteiger partial charge in [-0.15, -0.1) is 0 Å². The van der Waals surface area contributed by atoms with Crippen molar-refractivity contribution in [2.45, 2.75) is 85.8 Å². The predicted molar refractivity (Wildman–Crippen MR) is 108 cm³/mol. The minimum atomic E-state index is -0.397. The maximum Gasteiger partial charge on any atom is 0.306 e. The van der Waals surface area contributed by atoms with Crippen molar-refractivity contribution in [2.24, 2.45) is 4.99 Å². The Morgan fingerprint density at radius 3 is 2.44 bits per heavy atom. The number of carbonyl (C=O) groups excluding carboxylic acids is 1. The molecule has 0 aliphatic carbocycles. The summed E-state index contributed by atoms with van der Waals surface area (Å²) in [5.41, 5.74) is 0.510. The topological polar surface area (TPSA) is 88.8 Å². The number of hydrogen-bond acceptors (Lipinski definition) is 5. The lowest BCUT2D eigenvalue weighted by Crippen LogP contribution is -2.37. The molecule has 1 aromatic heterocycles. The second kappa shape index (κ2) is 11.6. The van der Waals surface area contributed by atoms with Gasteiger partial charge in [0.15, 0.2) is 5.96 Å². The minimum Gasteiger partial charge on any atom is -0.460 e. The number of hydrogen-bond donors (Lipinski definition) is 2. The molecule has 1 heterocycles. The first-order valence-electron chi connectivity index (χ1n) is 9.88. The quantitative estimate of drug-likeness (QED) is 0.279. The van der Waals surface area contributed by atoms with Crippen LogP contribution >= 0.6 is 0 Å². The zero-order valence-electron chi connectivity index (χ0n) is 17.8. The van der Waals surface area contributed by atoms with E-state index in [1.165, 1.54) is 0 Å². The summed E-state index contributed by atoms with van der Waals surface area (Å²) in [5, 5.41) is 6.54. The summed E-state index contributed by atoms with van der Waals surface area (Å²) >= 11 is 0. The second-order valence-electron chi connectivity index (χ2n) is 7.62. The van der Waals surface area contributed by atoms with Gasteiger partial charge in [-0.2, -0.15) is 0 Å². The first-order chi connectivity index (χ1) is 12.7. The van der Waals surface area contributed by atoms with Crippen molar-refractivity contribution in [3.63, 3.8) is 0 Å². The van der Waals surface area contributed by atoms with Gasteiger partial charge in [-0.25, -0.2) is 9.98 Å². The molecule has 0 aromatic carbocycles. The number of aromatic nitrogens is 1. The van der Waals surface area contributed by atoms with E-state index in [0.29, 0.717) is 18.9 Å². The summed E-state index contributed by atoms with van der Waals surface area (Å²) in [5.74, 6) is 2.12. The average Bonchev–Trinajstić information content (AvgIpc) is 2.88. The fraction of sp³-hybridized carbons (Fsp3) is 0.750. The standard InChI is InChI=1S/C20H36N4O3/c1-7-21-19(23-14-17-24-15(2)16(3)26-17)22-13-11-9-8-10-12-18(25)27-20(4,5)6/h7-14H2,1-6H3,(H2,21,22,23). The van der Waals surface area contributed by atoms with E-state index >= 15 is 0 Å². The molecule has 0 bridgehead atoms. The maximum absolute atomic E-state index is 11.6. The van der Waals surface area contributed by atoms with Crippen LogP contribution < -0.4 is 10.6 Å². The molecule has 7 heteroatoms. The number of oxazole rings is 1. The first-order valence-corrected chi connectivity index (χ1v) is 9.88. The van der Waals surface area contributed by atoms with E-state index in [4.69, 9.17) is 9.15 Å². The fourth-order valence-electron chi connectivity index (χ4n) is 2.44. The van der Waals surface area contributed by atoms with Crippen LogP contribution in [-0.2, 0) is 16.1 Å². The van der Waals surface area contributed by atoms with Crippen molar-refractivity contribution < 1.29 is 13.9 Å². The van der Waals surface area contributed by atoms with Crippen LogP contribution in [0.5, 0.6) is 0 Å². The molecule has 0 saturated heterocycles. The number of nitrogens with one attached hydrogen (secondary N) is 2. The average molecular weight is 381 g/mol. The Labute approximate surface area is 163 Å². The molecule has 0 amide bonds. The number of ether oxygens (including phenoxy) is 1. The Hall–Kier alpha value is -2.05. The molecule has 0 saturated carbocycles.